The Labute approximate surface area is 157 Å². The number of anilines is 1. The van der Waals surface area contributed by atoms with Crippen LogP contribution in [0, 0.1) is 29.4 Å². The van der Waals surface area contributed by atoms with Crippen LogP contribution in [0.2, 0.25) is 0 Å². The molecule has 1 heterocycles. The minimum Gasteiger partial charge on any atom is -0.353 e. The summed E-state index contributed by atoms with van der Waals surface area (Å²) in [5.74, 6) is -1.59. The molecule has 1 aromatic rings. The number of hydrogen-bond donors (Lipinski definition) is 2. The number of benzene rings is 1. The zero-order valence-corrected chi connectivity index (χ0v) is 15.2. The van der Waals surface area contributed by atoms with Gasteiger partial charge >= 0.3 is 0 Å². The molecule has 2 amide bonds. The summed E-state index contributed by atoms with van der Waals surface area (Å²) in [7, 11) is 0. The van der Waals surface area contributed by atoms with E-state index in [0.717, 1.165) is 43.9 Å². The molecule has 2 aliphatic carbocycles. The fourth-order valence-corrected chi connectivity index (χ4v) is 5.13. The highest BCUT2D eigenvalue weighted by Crippen LogP contribution is 2.40. The summed E-state index contributed by atoms with van der Waals surface area (Å²) in [5, 5.41) is 3.18. The summed E-state index contributed by atoms with van der Waals surface area (Å²) in [6.45, 7) is 0.148. The Hall–Kier alpha value is -2.02. The van der Waals surface area contributed by atoms with Gasteiger partial charge in [0.1, 0.15) is 11.6 Å². The molecule has 0 aromatic heterocycles. The van der Waals surface area contributed by atoms with Gasteiger partial charge in [-0.1, -0.05) is 6.42 Å². The van der Waals surface area contributed by atoms with Crippen LogP contribution >= 0.6 is 0 Å². The highest BCUT2D eigenvalue weighted by Gasteiger charge is 2.42. The molecule has 1 aromatic carbocycles. The Bertz CT molecular complexity index is 722. The number of fused-ring (bicyclic) bond motifs is 2. The number of halogens is 2. The third-order valence-electron chi connectivity index (χ3n) is 6.34. The quantitative estimate of drug-likeness (QED) is 0.849. The second kappa shape index (κ2) is 7.19. The van der Waals surface area contributed by atoms with E-state index < -0.39 is 17.6 Å². The van der Waals surface area contributed by atoms with E-state index in [1.807, 2.05) is 0 Å². The van der Waals surface area contributed by atoms with Crippen LogP contribution in [-0.4, -0.2) is 30.4 Å². The van der Waals surface area contributed by atoms with Gasteiger partial charge in [-0.3, -0.25) is 9.59 Å². The molecular weight excluding hydrogens is 352 g/mol. The Morgan fingerprint density at radius 3 is 2.37 bits per heavy atom. The number of nitrogens with zero attached hydrogens (tertiary/aromatic N) is 1. The van der Waals surface area contributed by atoms with Gasteiger partial charge in [-0.2, -0.15) is 0 Å². The molecule has 5 nitrogen and oxygen atoms in total. The van der Waals surface area contributed by atoms with Gasteiger partial charge in [0.15, 0.2) is 0 Å². The van der Waals surface area contributed by atoms with Crippen molar-refractivity contribution in [3.05, 3.63) is 29.8 Å². The first-order chi connectivity index (χ1) is 12.9. The van der Waals surface area contributed by atoms with E-state index in [-0.39, 0.29) is 42.6 Å². The van der Waals surface area contributed by atoms with Gasteiger partial charge in [0.05, 0.1) is 5.92 Å². The van der Waals surface area contributed by atoms with Crippen molar-refractivity contribution in [1.82, 2.24) is 5.32 Å². The SMILES string of the molecule is NC1CC2CCCC(C1)C2NC(=O)C1CC(=O)N(c2cc(F)cc(F)c2)C1. The lowest BCUT2D eigenvalue weighted by atomic mass is 9.67. The normalized spacial score (nSPS) is 33.2. The van der Waals surface area contributed by atoms with E-state index in [4.69, 9.17) is 5.73 Å². The predicted molar refractivity (Wildman–Crippen MR) is 96.8 cm³/mol. The van der Waals surface area contributed by atoms with Gasteiger partial charge in [-0.15, -0.1) is 0 Å². The third-order valence-corrected chi connectivity index (χ3v) is 6.34. The maximum atomic E-state index is 13.5. The summed E-state index contributed by atoms with van der Waals surface area (Å²) >= 11 is 0. The molecule has 1 saturated heterocycles. The average molecular weight is 377 g/mol. The van der Waals surface area contributed by atoms with Crippen molar-refractivity contribution < 1.29 is 18.4 Å². The fraction of sp³-hybridized carbons (Fsp3) is 0.600. The molecule has 2 saturated carbocycles. The largest absolute Gasteiger partial charge is 0.353 e. The molecule has 0 radical (unpaired) electrons. The minimum atomic E-state index is -0.739. The van der Waals surface area contributed by atoms with Crippen molar-refractivity contribution in [3.63, 3.8) is 0 Å². The Kier molecular flexibility index (Phi) is 4.88. The summed E-state index contributed by atoms with van der Waals surface area (Å²) in [6.07, 6.45) is 5.25. The molecule has 4 rings (SSSR count). The van der Waals surface area contributed by atoms with Crippen molar-refractivity contribution in [3.8, 4) is 0 Å². The van der Waals surface area contributed by atoms with E-state index in [9.17, 15) is 18.4 Å². The first-order valence-electron chi connectivity index (χ1n) is 9.73. The van der Waals surface area contributed by atoms with Crippen LogP contribution in [0.1, 0.15) is 38.5 Å². The van der Waals surface area contributed by atoms with Crippen molar-refractivity contribution in [1.29, 1.82) is 0 Å². The number of amides is 2. The standard InChI is InChI=1S/C20H25F2N3O2/c21-14-7-15(22)9-17(8-14)25-10-13(6-18(25)26)20(27)24-19-11-2-1-3-12(19)5-16(23)4-11/h7-9,11-13,16,19H,1-6,10,23H2,(H,24,27). The van der Waals surface area contributed by atoms with Gasteiger partial charge in [0, 0.05) is 36.8 Å². The first kappa shape index (κ1) is 18.3. The molecule has 3 N–H and O–H groups in total. The predicted octanol–water partition coefficient (Wildman–Crippen LogP) is 2.34. The average Bonchev–Trinajstić information content (AvgIpc) is 2.97. The molecule has 3 fully saturated rings. The van der Waals surface area contributed by atoms with Crippen LogP contribution < -0.4 is 16.0 Å². The van der Waals surface area contributed by atoms with Crippen LogP contribution in [0.4, 0.5) is 14.5 Å². The van der Waals surface area contributed by atoms with Gasteiger partial charge in [0.2, 0.25) is 11.8 Å². The van der Waals surface area contributed by atoms with Gasteiger partial charge in [0.25, 0.3) is 0 Å². The topological polar surface area (TPSA) is 75.4 Å². The van der Waals surface area contributed by atoms with Gasteiger partial charge < -0.3 is 16.0 Å². The van der Waals surface area contributed by atoms with E-state index >= 15 is 0 Å². The summed E-state index contributed by atoms with van der Waals surface area (Å²) in [4.78, 5) is 26.4. The lowest BCUT2D eigenvalue weighted by molar-refractivity contribution is -0.128. The van der Waals surface area contributed by atoms with Crippen LogP contribution in [0.3, 0.4) is 0 Å². The molecule has 3 aliphatic rings. The first-order valence-corrected chi connectivity index (χ1v) is 9.73. The molecule has 2 bridgehead atoms. The highest BCUT2D eigenvalue weighted by atomic mass is 19.1. The van der Waals surface area contributed by atoms with Crippen molar-refractivity contribution in [2.24, 2.45) is 23.5 Å². The minimum absolute atomic E-state index is 0.0610. The molecule has 7 heteroatoms. The van der Waals surface area contributed by atoms with Crippen LogP contribution in [-0.2, 0) is 9.59 Å². The van der Waals surface area contributed by atoms with Crippen LogP contribution in [0.15, 0.2) is 18.2 Å². The Balaban J connectivity index is 1.43. The number of hydrogen-bond acceptors (Lipinski definition) is 3. The number of nitrogens with two attached hydrogens (primary N) is 1. The maximum Gasteiger partial charge on any atom is 0.227 e. The zero-order chi connectivity index (χ0) is 19.1. The highest BCUT2D eigenvalue weighted by molar-refractivity contribution is 6.00. The van der Waals surface area contributed by atoms with Gasteiger partial charge in [-0.25, -0.2) is 8.78 Å². The number of rotatable bonds is 3. The van der Waals surface area contributed by atoms with E-state index in [2.05, 4.69) is 5.32 Å². The molecule has 3 atom stereocenters. The summed E-state index contributed by atoms with van der Waals surface area (Å²) in [6, 6.07) is 3.34. The summed E-state index contributed by atoms with van der Waals surface area (Å²) in [5.41, 5.74) is 6.30. The molecular formula is C20H25F2N3O2. The number of carbonyl (C=O) groups is 2. The van der Waals surface area contributed by atoms with Crippen LogP contribution in [0.5, 0.6) is 0 Å². The third kappa shape index (κ3) is 3.70. The monoisotopic (exact) mass is 377 g/mol. The second-order valence-corrected chi connectivity index (χ2v) is 8.25. The smallest absolute Gasteiger partial charge is 0.227 e. The molecule has 27 heavy (non-hydrogen) atoms. The molecule has 1 aliphatic heterocycles. The Morgan fingerprint density at radius 1 is 1.11 bits per heavy atom. The van der Waals surface area contributed by atoms with E-state index in [1.165, 1.54) is 11.3 Å². The van der Waals surface area contributed by atoms with E-state index in [1.54, 1.807) is 0 Å². The van der Waals surface area contributed by atoms with E-state index in [0.29, 0.717) is 11.8 Å². The maximum absolute atomic E-state index is 13.5. The number of nitrogens with one attached hydrogen (secondary N) is 1. The van der Waals surface area contributed by atoms with Gasteiger partial charge in [-0.05, 0) is 49.7 Å². The zero-order valence-electron chi connectivity index (χ0n) is 15.2. The Morgan fingerprint density at radius 2 is 1.74 bits per heavy atom. The van der Waals surface area contributed by atoms with Crippen molar-refractivity contribution in [2.75, 3.05) is 11.4 Å². The molecule has 3 unspecified atom stereocenters. The van der Waals surface area contributed by atoms with Crippen molar-refractivity contribution >= 4 is 17.5 Å². The lowest BCUT2D eigenvalue weighted by Gasteiger charge is -2.45. The lowest BCUT2D eigenvalue weighted by Crippen LogP contribution is -2.54. The molecule has 146 valence electrons. The fourth-order valence-electron chi connectivity index (χ4n) is 5.13. The van der Waals surface area contributed by atoms with Crippen molar-refractivity contribution in [2.45, 2.75) is 50.6 Å². The summed E-state index contributed by atoms with van der Waals surface area (Å²) < 4.78 is 26.9. The van der Waals surface area contributed by atoms with Crippen LogP contribution in [0.25, 0.3) is 0 Å². The number of carbonyl (C=O) groups excluding carboxylic acids is 2. The second-order valence-electron chi connectivity index (χ2n) is 8.25. The molecule has 0 spiro atoms.